The summed E-state index contributed by atoms with van der Waals surface area (Å²) in [5.41, 5.74) is 0.0734. The Morgan fingerprint density at radius 1 is 1.42 bits per heavy atom. The van der Waals surface area contributed by atoms with Gasteiger partial charge in [-0.05, 0) is 39.0 Å². The topological polar surface area (TPSA) is 49.3 Å². The number of carbonyl (C=O) groups excluding carboxylic acids is 1. The van der Waals surface area contributed by atoms with Crippen LogP contribution in [0.3, 0.4) is 0 Å². The predicted octanol–water partition coefficient (Wildman–Crippen LogP) is 2.09. The molecule has 0 spiro atoms. The van der Waals surface area contributed by atoms with E-state index in [0.717, 1.165) is 0 Å². The van der Waals surface area contributed by atoms with E-state index < -0.39 is 17.3 Å². The number of aliphatic hydroxyl groups is 1. The van der Waals surface area contributed by atoms with Gasteiger partial charge in [0.15, 0.2) is 0 Å². The van der Waals surface area contributed by atoms with Gasteiger partial charge in [-0.3, -0.25) is 4.79 Å². The lowest BCUT2D eigenvalue weighted by Gasteiger charge is -2.20. The second kappa shape index (κ2) is 6.35. The molecule has 3 nitrogen and oxygen atoms in total. The third-order valence-electron chi connectivity index (χ3n) is 2.17. The Morgan fingerprint density at radius 2 is 2.11 bits per heavy atom. The van der Waals surface area contributed by atoms with Gasteiger partial charge in [-0.1, -0.05) is 11.8 Å². The molecule has 1 aromatic carbocycles. The highest BCUT2D eigenvalue weighted by Gasteiger charge is 2.18. The minimum Gasteiger partial charge on any atom is -0.395 e. The average Bonchev–Trinajstić information content (AvgIpc) is 2.27. The normalized spacial score (nSPS) is 10.6. The standard InChI is InChI=1S/C15H18FNO2/c1-15(2,3)17-14(19)12-8-7-11(10-13(12)16)6-4-5-9-18/h7-8,10,18H,5,9H2,1-3H3,(H,17,19). The highest BCUT2D eigenvalue weighted by molar-refractivity contribution is 5.95. The van der Waals surface area contributed by atoms with Gasteiger partial charge in [0.05, 0.1) is 12.2 Å². The summed E-state index contributed by atoms with van der Waals surface area (Å²) >= 11 is 0. The first-order valence-electron chi connectivity index (χ1n) is 6.05. The molecule has 4 heteroatoms. The van der Waals surface area contributed by atoms with Crippen molar-refractivity contribution < 1.29 is 14.3 Å². The number of nitrogens with one attached hydrogen (secondary N) is 1. The van der Waals surface area contributed by atoms with Crippen molar-refractivity contribution in [3.05, 3.63) is 35.1 Å². The van der Waals surface area contributed by atoms with E-state index in [9.17, 15) is 9.18 Å². The highest BCUT2D eigenvalue weighted by atomic mass is 19.1. The molecule has 102 valence electrons. The van der Waals surface area contributed by atoms with Crippen LogP contribution in [-0.4, -0.2) is 23.2 Å². The summed E-state index contributed by atoms with van der Waals surface area (Å²) in [6, 6.07) is 4.23. The first kappa shape index (κ1) is 15.2. The lowest BCUT2D eigenvalue weighted by atomic mass is 10.1. The number of hydrogen-bond acceptors (Lipinski definition) is 2. The van der Waals surface area contributed by atoms with E-state index in [1.54, 1.807) is 6.07 Å². The Balaban J connectivity index is 2.89. The van der Waals surface area contributed by atoms with Crippen LogP contribution < -0.4 is 5.32 Å². The first-order chi connectivity index (χ1) is 8.83. The number of halogens is 1. The molecular formula is C15H18FNO2. The van der Waals surface area contributed by atoms with E-state index >= 15 is 0 Å². The number of aliphatic hydroxyl groups excluding tert-OH is 1. The third-order valence-corrected chi connectivity index (χ3v) is 2.17. The molecule has 0 fully saturated rings. The van der Waals surface area contributed by atoms with Crippen molar-refractivity contribution in [1.29, 1.82) is 0 Å². The molecule has 0 saturated carbocycles. The van der Waals surface area contributed by atoms with Crippen LogP contribution in [0.1, 0.15) is 43.1 Å². The number of hydrogen-bond donors (Lipinski definition) is 2. The maximum absolute atomic E-state index is 13.8. The van der Waals surface area contributed by atoms with Crippen LogP contribution in [-0.2, 0) is 0 Å². The monoisotopic (exact) mass is 263 g/mol. The molecule has 0 radical (unpaired) electrons. The van der Waals surface area contributed by atoms with E-state index in [-0.39, 0.29) is 12.2 Å². The lowest BCUT2D eigenvalue weighted by Crippen LogP contribution is -2.40. The molecule has 0 bridgehead atoms. The van der Waals surface area contributed by atoms with Gasteiger partial charge in [0, 0.05) is 17.5 Å². The smallest absolute Gasteiger partial charge is 0.254 e. The van der Waals surface area contributed by atoms with E-state index in [1.807, 2.05) is 20.8 Å². The van der Waals surface area contributed by atoms with Crippen molar-refractivity contribution in [2.24, 2.45) is 0 Å². The van der Waals surface area contributed by atoms with Gasteiger partial charge in [-0.15, -0.1) is 0 Å². The van der Waals surface area contributed by atoms with Crippen molar-refractivity contribution >= 4 is 5.91 Å². The van der Waals surface area contributed by atoms with Gasteiger partial charge in [0.2, 0.25) is 0 Å². The van der Waals surface area contributed by atoms with E-state index in [0.29, 0.717) is 12.0 Å². The highest BCUT2D eigenvalue weighted by Crippen LogP contribution is 2.11. The molecule has 19 heavy (non-hydrogen) atoms. The summed E-state index contributed by atoms with van der Waals surface area (Å²) in [6.45, 7) is 5.47. The van der Waals surface area contributed by atoms with Crippen molar-refractivity contribution in [1.82, 2.24) is 5.32 Å². The van der Waals surface area contributed by atoms with Crippen LogP contribution in [0.4, 0.5) is 4.39 Å². The summed E-state index contributed by atoms with van der Waals surface area (Å²) in [7, 11) is 0. The second-order valence-electron chi connectivity index (χ2n) is 5.17. The Labute approximate surface area is 112 Å². The molecular weight excluding hydrogens is 245 g/mol. The Hall–Kier alpha value is -1.86. The maximum atomic E-state index is 13.8. The summed E-state index contributed by atoms with van der Waals surface area (Å²) in [4.78, 5) is 11.8. The zero-order chi connectivity index (χ0) is 14.5. The number of benzene rings is 1. The fraction of sp³-hybridized carbons (Fsp3) is 0.400. The van der Waals surface area contributed by atoms with Crippen LogP contribution in [0.5, 0.6) is 0 Å². The van der Waals surface area contributed by atoms with Gasteiger partial charge in [0.1, 0.15) is 5.82 Å². The fourth-order valence-electron chi connectivity index (χ4n) is 1.41. The van der Waals surface area contributed by atoms with Crippen molar-refractivity contribution in [2.45, 2.75) is 32.7 Å². The summed E-state index contributed by atoms with van der Waals surface area (Å²) < 4.78 is 13.8. The molecule has 0 aliphatic rings. The first-order valence-corrected chi connectivity index (χ1v) is 6.05. The maximum Gasteiger partial charge on any atom is 0.254 e. The van der Waals surface area contributed by atoms with Crippen LogP contribution in [0, 0.1) is 17.7 Å². The summed E-state index contributed by atoms with van der Waals surface area (Å²) in [6.07, 6.45) is 0.341. The minimum absolute atomic E-state index is 0.00244. The van der Waals surface area contributed by atoms with Crippen LogP contribution in [0.25, 0.3) is 0 Å². The predicted molar refractivity (Wildman–Crippen MR) is 72.2 cm³/mol. The molecule has 0 saturated heterocycles. The molecule has 0 aliphatic carbocycles. The number of carbonyl (C=O) groups is 1. The van der Waals surface area contributed by atoms with Crippen LogP contribution in [0.2, 0.25) is 0 Å². The zero-order valence-corrected chi connectivity index (χ0v) is 11.4. The largest absolute Gasteiger partial charge is 0.395 e. The lowest BCUT2D eigenvalue weighted by molar-refractivity contribution is 0.0915. The molecule has 1 rings (SSSR count). The van der Waals surface area contributed by atoms with Crippen molar-refractivity contribution in [2.75, 3.05) is 6.61 Å². The van der Waals surface area contributed by atoms with Gasteiger partial charge in [-0.25, -0.2) is 4.39 Å². The van der Waals surface area contributed by atoms with Gasteiger partial charge in [-0.2, -0.15) is 0 Å². The molecule has 0 unspecified atom stereocenters. The molecule has 0 atom stereocenters. The minimum atomic E-state index is -0.599. The quantitative estimate of drug-likeness (QED) is 0.803. The summed E-state index contributed by atoms with van der Waals surface area (Å²) in [5, 5.41) is 11.3. The number of amides is 1. The SMILES string of the molecule is CC(C)(C)NC(=O)c1ccc(C#CCCO)cc1F. The van der Waals surface area contributed by atoms with Crippen LogP contribution in [0.15, 0.2) is 18.2 Å². The van der Waals surface area contributed by atoms with E-state index in [2.05, 4.69) is 17.2 Å². The molecule has 1 aromatic rings. The molecule has 2 N–H and O–H groups in total. The van der Waals surface area contributed by atoms with Gasteiger partial charge >= 0.3 is 0 Å². The fourth-order valence-corrected chi connectivity index (χ4v) is 1.41. The van der Waals surface area contributed by atoms with Gasteiger partial charge < -0.3 is 10.4 Å². The van der Waals surface area contributed by atoms with Crippen molar-refractivity contribution in [3.63, 3.8) is 0 Å². The van der Waals surface area contributed by atoms with Gasteiger partial charge in [0.25, 0.3) is 5.91 Å². The Morgan fingerprint density at radius 3 is 2.63 bits per heavy atom. The van der Waals surface area contributed by atoms with E-state index in [4.69, 9.17) is 5.11 Å². The Bertz CT molecular complexity index is 521. The second-order valence-corrected chi connectivity index (χ2v) is 5.17. The van der Waals surface area contributed by atoms with E-state index in [1.165, 1.54) is 12.1 Å². The molecule has 1 amide bonds. The summed E-state index contributed by atoms with van der Waals surface area (Å²) in [5.74, 6) is 4.37. The molecule has 0 aliphatic heterocycles. The van der Waals surface area contributed by atoms with Crippen LogP contribution >= 0.6 is 0 Å². The average molecular weight is 263 g/mol. The zero-order valence-electron chi connectivity index (χ0n) is 11.4. The molecule has 0 heterocycles. The molecule has 0 aromatic heterocycles. The Kier molecular flexibility index (Phi) is 5.08. The van der Waals surface area contributed by atoms with Crippen molar-refractivity contribution in [3.8, 4) is 11.8 Å². The third kappa shape index (κ3) is 5.11. The number of rotatable bonds is 2.